The van der Waals surface area contributed by atoms with Crippen molar-refractivity contribution < 1.29 is 9.90 Å². The van der Waals surface area contributed by atoms with Crippen LogP contribution in [-0.4, -0.2) is 33.0 Å². The zero-order chi connectivity index (χ0) is 14.7. The molecule has 106 valence electrons. The number of hydrogen-bond donors (Lipinski definition) is 3. The van der Waals surface area contributed by atoms with Gasteiger partial charge in [0.05, 0.1) is 12.6 Å². The maximum Gasteiger partial charge on any atom is 0.251 e. The summed E-state index contributed by atoms with van der Waals surface area (Å²) in [5.41, 5.74) is 2.66. The molecule has 21 heavy (non-hydrogen) atoms. The summed E-state index contributed by atoms with van der Waals surface area (Å²) in [7, 11) is 0. The molecule has 1 amide bonds. The molecule has 0 saturated carbocycles. The normalized spacial score (nSPS) is 12.2. The molecule has 0 unspecified atom stereocenters. The van der Waals surface area contributed by atoms with Crippen LogP contribution in [-0.2, 0) is 0 Å². The summed E-state index contributed by atoms with van der Waals surface area (Å²) in [4.78, 5) is 12.3. The van der Waals surface area contributed by atoms with Crippen LogP contribution in [0.3, 0.4) is 0 Å². The fourth-order valence-electron chi connectivity index (χ4n) is 2.14. The van der Waals surface area contributed by atoms with E-state index in [1.165, 1.54) is 0 Å². The van der Waals surface area contributed by atoms with Gasteiger partial charge in [0.2, 0.25) is 0 Å². The van der Waals surface area contributed by atoms with Crippen LogP contribution in [0.5, 0.6) is 0 Å². The van der Waals surface area contributed by atoms with E-state index >= 15 is 0 Å². The van der Waals surface area contributed by atoms with Crippen molar-refractivity contribution in [3.8, 4) is 0 Å². The van der Waals surface area contributed by atoms with E-state index in [4.69, 9.17) is 0 Å². The minimum atomic E-state index is -0.438. The average molecular weight is 282 g/mol. The molecule has 0 aliphatic carbocycles. The van der Waals surface area contributed by atoms with Gasteiger partial charge in [-0.1, -0.05) is 30.3 Å². The first kappa shape index (κ1) is 13.3. The number of aromatic nitrogens is 3. The SMILES string of the molecule is O=C(N[C@H](CO)c1ccccc1)c1ccc2n[nH]nc2c1. The van der Waals surface area contributed by atoms with Crippen molar-refractivity contribution in [2.75, 3.05) is 6.61 Å². The standard InChI is InChI=1S/C15H14N4O2/c20-9-14(10-4-2-1-3-5-10)16-15(21)11-6-7-12-13(8-11)18-19-17-12/h1-8,14,20H,9H2,(H,16,21)(H,17,18,19)/t14-/m1/s1. The van der Waals surface area contributed by atoms with Crippen LogP contribution in [0.1, 0.15) is 22.0 Å². The number of fused-ring (bicyclic) bond motifs is 1. The van der Waals surface area contributed by atoms with Crippen molar-refractivity contribution in [1.29, 1.82) is 0 Å². The Balaban J connectivity index is 1.81. The number of aliphatic hydroxyl groups excluding tert-OH is 1. The first-order valence-corrected chi connectivity index (χ1v) is 6.55. The maximum absolute atomic E-state index is 12.3. The second kappa shape index (κ2) is 5.72. The number of carbonyl (C=O) groups is 1. The number of H-pyrrole nitrogens is 1. The van der Waals surface area contributed by atoms with Crippen LogP contribution >= 0.6 is 0 Å². The van der Waals surface area contributed by atoms with Crippen molar-refractivity contribution in [3.63, 3.8) is 0 Å². The van der Waals surface area contributed by atoms with Gasteiger partial charge in [0.15, 0.2) is 0 Å². The molecule has 0 saturated heterocycles. The second-order valence-corrected chi connectivity index (χ2v) is 4.65. The van der Waals surface area contributed by atoms with Crippen LogP contribution in [0.2, 0.25) is 0 Å². The van der Waals surface area contributed by atoms with Crippen LogP contribution in [0.15, 0.2) is 48.5 Å². The van der Waals surface area contributed by atoms with E-state index in [1.54, 1.807) is 18.2 Å². The van der Waals surface area contributed by atoms with E-state index in [0.717, 1.165) is 5.56 Å². The van der Waals surface area contributed by atoms with Gasteiger partial charge in [-0.05, 0) is 23.8 Å². The highest BCUT2D eigenvalue weighted by atomic mass is 16.3. The molecule has 0 bridgehead atoms. The maximum atomic E-state index is 12.3. The summed E-state index contributed by atoms with van der Waals surface area (Å²) < 4.78 is 0. The molecule has 1 atom stereocenters. The van der Waals surface area contributed by atoms with Gasteiger partial charge >= 0.3 is 0 Å². The summed E-state index contributed by atoms with van der Waals surface area (Å²) in [6.45, 7) is -0.165. The molecule has 1 aromatic heterocycles. The Morgan fingerprint density at radius 1 is 1.14 bits per heavy atom. The molecule has 3 N–H and O–H groups in total. The number of hydrogen-bond acceptors (Lipinski definition) is 4. The molecule has 0 radical (unpaired) electrons. The number of nitrogens with one attached hydrogen (secondary N) is 2. The molecule has 6 nitrogen and oxygen atoms in total. The Morgan fingerprint density at radius 3 is 2.67 bits per heavy atom. The minimum absolute atomic E-state index is 0.165. The molecule has 0 aliphatic heterocycles. The number of benzene rings is 2. The molecule has 0 fully saturated rings. The molecular weight excluding hydrogens is 268 g/mol. The summed E-state index contributed by atoms with van der Waals surface area (Å²) >= 11 is 0. The second-order valence-electron chi connectivity index (χ2n) is 4.65. The fraction of sp³-hybridized carbons (Fsp3) is 0.133. The van der Waals surface area contributed by atoms with Crippen molar-refractivity contribution in [2.24, 2.45) is 0 Å². The first-order valence-electron chi connectivity index (χ1n) is 6.55. The Bertz CT molecular complexity index is 754. The number of carbonyl (C=O) groups excluding carboxylic acids is 1. The van der Waals surface area contributed by atoms with Gasteiger partial charge in [0.1, 0.15) is 11.0 Å². The number of rotatable bonds is 4. The lowest BCUT2D eigenvalue weighted by atomic mass is 10.1. The Hall–Kier alpha value is -2.73. The van der Waals surface area contributed by atoms with Crippen LogP contribution in [0.25, 0.3) is 11.0 Å². The summed E-state index contributed by atoms with van der Waals surface area (Å²) in [6.07, 6.45) is 0. The molecule has 1 heterocycles. The zero-order valence-corrected chi connectivity index (χ0v) is 11.2. The number of amides is 1. The van der Waals surface area contributed by atoms with Crippen LogP contribution < -0.4 is 5.32 Å². The fourth-order valence-corrected chi connectivity index (χ4v) is 2.14. The van der Waals surface area contributed by atoms with Crippen molar-refractivity contribution in [3.05, 3.63) is 59.7 Å². The molecule has 2 aromatic carbocycles. The van der Waals surface area contributed by atoms with Gasteiger partial charge < -0.3 is 10.4 Å². The van der Waals surface area contributed by atoms with E-state index in [9.17, 15) is 9.90 Å². The quantitative estimate of drug-likeness (QED) is 0.675. The Kier molecular flexibility index (Phi) is 3.61. The summed E-state index contributed by atoms with van der Waals surface area (Å²) in [5, 5.41) is 22.7. The smallest absolute Gasteiger partial charge is 0.251 e. The van der Waals surface area contributed by atoms with Crippen molar-refractivity contribution in [2.45, 2.75) is 6.04 Å². The third-order valence-electron chi connectivity index (χ3n) is 3.27. The largest absolute Gasteiger partial charge is 0.394 e. The molecule has 0 aliphatic rings. The zero-order valence-electron chi connectivity index (χ0n) is 11.2. The number of aliphatic hydroxyl groups is 1. The van der Waals surface area contributed by atoms with Gasteiger partial charge in [0, 0.05) is 5.56 Å². The number of aromatic amines is 1. The van der Waals surface area contributed by atoms with Gasteiger partial charge in [-0.2, -0.15) is 15.4 Å². The van der Waals surface area contributed by atoms with E-state index in [2.05, 4.69) is 20.7 Å². The van der Waals surface area contributed by atoms with Crippen molar-refractivity contribution >= 4 is 16.9 Å². The monoisotopic (exact) mass is 282 g/mol. The molecule has 3 rings (SSSR count). The Morgan fingerprint density at radius 2 is 1.90 bits per heavy atom. The predicted molar refractivity (Wildman–Crippen MR) is 77.6 cm³/mol. The molecule has 0 spiro atoms. The van der Waals surface area contributed by atoms with Crippen molar-refractivity contribution in [1.82, 2.24) is 20.7 Å². The van der Waals surface area contributed by atoms with Gasteiger partial charge in [-0.25, -0.2) is 0 Å². The molecule has 6 heteroatoms. The van der Waals surface area contributed by atoms with Crippen LogP contribution in [0, 0.1) is 0 Å². The highest BCUT2D eigenvalue weighted by Gasteiger charge is 2.15. The minimum Gasteiger partial charge on any atom is -0.394 e. The van der Waals surface area contributed by atoms with Crippen LogP contribution in [0.4, 0.5) is 0 Å². The topological polar surface area (TPSA) is 90.9 Å². The number of nitrogens with zero attached hydrogens (tertiary/aromatic N) is 2. The lowest BCUT2D eigenvalue weighted by molar-refractivity contribution is 0.0916. The Labute approximate surface area is 120 Å². The van der Waals surface area contributed by atoms with E-state index in [0.29, 0.717) is 16.6 Å². The third-order valence-corrected chi connectivity index (χ3v) is 3.27. The highest BCUT2D eigenvalue weighted by molar-refractivity contribution is 5.97. The van der Waals surface area contributed by atoms with E-state index in [-0.39, 0.29) is 12.5 Å². The van der Waals surface area contributed by atoms with E-state index < -0.39 is 6.04 Å². The lowest BCUT2D eigenvalue weighted by Crippen LogP contribution is -2.30. The lowest BCUT2D eigenvalue weighted by Gasteiger charge is -2.16. The molecule has 3 aromatic rings. The average Bonchev–Trinajstić information content (AvgIpc) is 3.00. The molecular formula is C15H14N4O2. The predicted octanol–water partition coefficient (Wildman–Crippen LogP) is 1.42. The van der Waals surface area contributed by atoms with Gasteiger partial charge in [0.25, 0.3) is 5.91 Å². The third kappa shape index (κ3) is 2.75. The van der Waals surface area contributed by atoms with E-state index in [1.807, 2.05) is 30.3 Å². The summed E-state index contributed by atoms with van der Waals surface area (Å²) in [6, 6.07) is 14.0. The summed E-state index contributed by atoms with van der Waals surface area (Å²) in [5.74, 6) is -0.261. The van der Waals surface area contributed by atoms with Gasteiger partial charge in [-0.15, -0.1) is 0 Å². The first-order chi connectivity index (χ1) is 10.3. The highest BCUT2D eigenvalue weighted by Crippen LogP contribution is 2.14. The van der Waals surface area contributed by atoms with Gasteiger partial charge in [-0.3, -0.25) is 4.79 Å².